The first kappa shape index (κ1) is 95.6. The van der Waals surface area contributed by atoms with Crippen molar-refractivity contribution in [1.29, 1.82) is 0 Å². The fourth-order valence-electron chi connectivity index (χ4n) is 13.7. The van der Waals surface area contributed by atoms with Crippen LogP contribution in [-0.4, -0.2) is 253 Å². The quantitative estimate of drug-likeness (QED) is 0.0196. The van der Waals surface area contributed by atoms with Crippen LogP contribution in [-0.2, 0) is 114 Å². The molecule has 5 heterocycles. The second-order valence-corrected chi connectivity index (χ2v) is 29.0. The fraction of sp³-hybridized carbons (Fsp3) is 0.526. The average Bonchev–Trinajstić information content (AvgIpc) is 1.62. The van der Waals surface area contributed by atoms with Crippen molar-refractivity contribution >= 4 is 131 Å². The lowest BCUT2D eigenvalue weighted by Crippen LogP contribution is -2.60. The summed E-state index contributed by atoms with van der Waals surface area (Å²) in [6.45, 7) is 8.60. The Morgan fingerprint density at radius 3 is 2.09 bits per heavy atom. The number of aromatic nitrogens is 1. The van der Waals surface area contributed by atoms with Crippen molar-refractivity contribution in [1.82, 2.24) is 46.7 Å². The molecule has 9 rings (SSSR count). The number of carboxylic acid groups (broad SMARTS) is 1. The van der Waals surface area contributed by atoms with Gasteiger partial charge in [0.2, 0.25) is 47.3 Å². The predicted molar refractivity (Wildman–Crippen MR) is 421 cm³/mol. The molecular weight excluding hydrogens is 1600 g/mol. The highest BCUT2D eigenvalue weighted by molar-refractivity contribution is 7.99. The lowest BCUT2D eigenvalue weighted by molar-refractivity contribution is -0.219. The molecule has 5 aliphatic rings. The first-order valence-electron chi connectivity index (χ1n) is 36.9. The van der Waals surface area contributed by atoms with Gasteiger partial charge in [-0.15, -0.1) is 11.8 Å². The van der Waals surface area contributed by atoms with Gasteiger partial charge in [-0.3, -0.25) is 57.6 Å². The maximum absolute atomic E-state index is 14.4. The highest BCUT2D eigenvalue weighted by atomic mass is 32.4. The number of anilines is 1. The summed E-state index contributed by atoms with van der Waals surface area (Å²) < 4.78 is 78.2. The van der Waals surface area contributed by atoms with Crippen LogP contribution >= 0.6 is 19.8 Å². The number of ether oxygens (including phenoxy) is 7. The number of carbonyl (C=O) groups is 14. The first-order valence-corrected chi connectivity index (χ1v) is 39.6. The summed E-state index contributed by atoms with van der Waals surface area (Å²) in [5.41, 5.74) is 16.4. The highest BCUT2D eigenvalue weighted by Crippen LogP contribution is 2.45. The van der Waals surface area contributed by atoms with E-state index < -0.39 is 207 Å². The van der Waals surface area contributed by atoms with Gasteiger partial charge in [0.25, 0.3) is 0 Å². The van der Waals surface area contributed by atoms with E-state index in [1.54, 1.807) is 26.3 Å². The number of fused-ring (bicyclic) bond motifs is 6. The number of likely N-dealkylation sites (tertiary alicyclic amines) is 2. The van der Waals surface area contributed by atoms with Crippen molar-refractivity contribution in [2.24, 2.45) is 23.3 Å². The van der Waals surface area contributed by atoms with Crippen LogP contribution in [0.2, 0.25) is 0 Å². The minimum Gasteiger partial charge on any atom is -0.480 e. The summed E-state index contributed by atoms with van der Waals surface area (Å²) in [6, 6.07) is 9.27. The van der Waals surface area contributed by atoms with Gasteiger partial charge in [0.05, 0.1) is 62.0 Å². The van der Waals surface area contributed by atoms with E-state index in [1.165, 1.54) is 24.0 Å². The summed E-state index contributed by atoms with van der Waals surface area (Å²) >= 11 is 4.67. The third kappa shape index (κ3) is 26.6. The van der Waals surface area contributed by atoms with Gasteiger partial charge in [0, 0.05) is 74.5 Å². The number of aliphatic hydroxyl groups excluding tert-OH is 1. The van der Waals surface area contributed by atoms with E-state index in [-0.39, 0.29) is 78.9 Å². The molecule has 0 spiro atoms. The molecule has 4 aliphatic heterocycles. The molecule has 117 heavy (non-hydrogen) atoms. The maximum Gasteiger partial charge on any atom is 0.471 e. The van der Waals surface area contributed by atoms with Gasteiger partial charge in [-0.25, -0.2) is 14.4 Å². The Morgan fingerprint density at radius 1 is 0.829 bits per heavy atom. The van der Waals surface area contributed by atoms with Crippen molar-refractivity contribution in [3.05, 3.63) is 96.1 Å². The number of primary amides is 1. The second kappa shape index (κ2) is 44.9. The smallest absolute Gasteiger partial charge is 0.471 e. The Balaban J connectivity index is 0.000000430. The first-order chi connectivity index (χ1) is 55.1. The molecule has 14 N–H and O–H groups in total. The largest absolute Gasteiger partial charge is 0.480 e. The van der Waals surface area contributed by atoms with Crippen molar-refractivity contribution < 1.29 is 124 Å². The molecule has 640 valence electrons. The number of amides is 10. The van der Waals surface area contributed by atoms with Crippen molar-refractivity contribution in [3.8, 4) is 11.1 Å². The number of methoxy groups -OCH3 is 1. The minimum absolute atomic E-state index is 0. The van der Waals surface area contributed by atoms with Crippen LogP contribution in [0.4, 0.5) is 23.7 Å². The minimum atomic E-state index is -5.25. The number of hydrogen-bond donors (Lipinski definition) is 12. The van der Waals surface area contributed by atoms with Crippen LogP contribution in [0.25, 0.3) is 22.0 Å². The summed E-state index contributed by atoms with van der Waals surface area (Å²) in [5.74, 6) is -16.7. The lowest BCUT2D eigenvalue weighted by atomic mass is 9.95. The molecular formula is C76H100F3N12O23PS2. The molecule has 35 nitrogen and oxygen atoms in total. The Morgan fingerprint density at radius 2 is 1.48 bits per heavy atom. The van der Waals surface area contributed by atoms with Gasteiger partial charge in [0.15, 0.2) is 6.29 Å². The molecule has 4 aromatic rings. The van der Waals surface area contributed by atoms with E-state index in [9.17, 15) is 90.5 Å². The number of alkyl halides is 3. The number of aliphatic carboxylic acids is 1. The number of nitrogens with two attached hydrogens (primary N) is 2. The summed E-state index contributed by atoms with van der Waals surface area (Å²) in [7, 11) is 4.20. The lowest BCUT2D eigenvalue weighted by Gasteiger charge is -2.32. The molecule has 3 fully saturated rings. The topological polar surface area (TPSA) is 503 Å². The number of carboxylic acids is 1. The molecule has 3 aromatic carbocycles. The fourth-order valence-corrected chi connectivity index (χ4v) is 14.9. The Labute approximate surface area is 683 Å². The van der Waals surface area contributed by atoms with Crippen molar-refractivity contribution in [3.63, 3.8) is 0 Å². The maximum atomic E-state index is 14.4. The molecule has 3 saturated heterocycles. The van der Waals surface area contributed by atoms with E-state index in [4.69, 9.17) is 44.6 Å². The van der Waals surface area contributed by atoms with E-state index in [0.717, 1.165) is 84.2 Å². The zero-order valence-electron chi connectivity index (χ0n) is 64.3. The molecule has 1 aromatic heterocycles. The summed E-state index contributed by atoms with van der Waals surface area (Å²) in [6.07, 6.45) is -6.38. The van der Waals surface area contributed by atoms with Gasteiger partial charge in [0.1, 0.15) is 62.2 Å². The molecule has 0 saturated carbocycles. The number of nitrogens with zero attached hydrogens (tertiary/aromatic N) is 2. The normalized spacial score (nSPS) is 22.3. The third-order valence-electron chi connectivity index (χ3n) is 19.6. The third-order valence-corrected chi connectivity index (χ3v) is 20.8. The summed E-state index contributed by atoms with van der Waals surface area (Å²) in [5, 5.41) is 37.2. The molecule has 0 radical (unpaired) electrons. The van der Waals surface area contributed by atoms with E-state index in [0.29, 0.717) is 19.4 Å². The summed E-state index contributed by atoms with van der Waals surface area (Å²) in [4.78, 5) is 187. The number of esters is 3. The number of carbonyl (C=O) groups excluding carboxylic acids is 13. The number of β-amino-alcohol motifs (C(OH)–C–C–N with tert-alkyl or cyclic N) is 1. The molecule has 1 aliphatic carbocycles. The zero-order valence-corrected chi connectivity index (χ0v) is 66.9. The number of rotatable bonds is 25. The van der Waals surface area contributed by atoms with Crippen LogP contribution in [0.5, 0.6) is 0 Å². The number of benzene rings is 3. The van der Waals surface area contributed by atoms with Crippen LogP contribution in [0.1, 0.15) is 110 Å². The van der Waals surface area contributed by atoms with E-state index >= 15 is 0 Å². The SMILES string of the molecule is C.C=CCOC(=O)[C@@H]1CC(OC2CCCC(COC)O2)CN1C(=O)OCC1c2ccccc2-c2ccccc21.CC[C@H](C)[C@@H]1NC(=O)CNC(=O)C(N)Cc2c([nH]c3cc(NC(=O)C(F)(F)F)ccc23)SCC(C(=O)NC(CC(N)=O)C(=O)N2CC(O)C[C@H]2C(=O)N[C@H](C(=O)O)C(C)[C@H](COC(C)=O)OC(C)=O)NC(=O)CNC1=O.P=S. The molecule has 0 bridgehead atoms. The number of aliphatic hydroxyl groups is 1. The zero-order chi connectivity index (χ0) is 85.4. The molecule has 41 heteroatoms. The molecule has 8 unspecified atom stereocenters. The van der Waals surface area contributed by atoms with E-state index in [2.05, 4.69) is 87.6 Å². The Bertz CT molecular complexity index is 4210. The van der Waals surface area contributed by atoms with Crippen LogP contribution in [0, 0.1) is 11.8 Å². The van der Waals surface area contributed by atoms with Gasteiger partial charge in [-0.1, -0.05) is 114 Å². The van der Waals surface area contributed by atoms with Crippen LogP contribution in [0.15, 0.2) is 84.4 Å². The predicted octanol–water partition coefficient (Wildman–Crippen LogP) is 2.81. The van der Waals surface area contributed by atoms with Crippen LogP contribution < -0.4 is 48.7 Å². The Kier molecular flexibility index (Phi) is 36.7. The number of aromatic amines is 1. The monoisotopic (exact) mass is 1700 g/mol. The van der Waals surface area contributed by atoms with Gasteiger partial charge >= 0.3 is 42.1 Å². The highest BCUT2D eigenvalue weighted by Gasteiger charge is 2.47. The number of H-pyrrole nitrogens is 1. The van der Waals surface area contributed by atoms with Gasteiger partial charge < -0.3 is 102 Å². The number of thioether (sulfide) groups is 1. The molecule has 14 atom stereocenters. The van der Waals surface area contributed by atoms with Gasteiger partial charge in [-0.05, 0) is 79.6 Å². The Hall–Kier alpha value is -10.2. The standard InChI is InChI=1S/C45H60F3N11O16S.C30H35NO7.CH4.HPS/c1-6-18(2)35-40(69)52-13-33(64)54-29(17-76-41-25(11-26(49)37(66)51-14-34(65)57-35)24-8-7-22(9-27(24)56-41)53-44(73)45(46,47)48)38(67)55-28(12-32(50)63)42(70)59-15-23(62)10-30(59)39(68)58-36(43(71)72)19(3)31(75-21(5)61)16-74-20(4)60;1-3-15-35-29(32)27-16-21(38-28-14-8-9-20(37-28)18-34-2)17-31(27)30(33)36-19-26-24-12-6-4-10-22(24)23-11-5-7-13-25(23)26;;1-2/h7-9,18-19,23,26,28-31,35-36,56,62H,6,10-17,49H2,1-5H3,(H2,50,63)(H,51,66)(H,52,69)(H,53,73)(H,54,64)(H,55,67)(H,57,65)(H,58,68)(H,71,72);3-7,10-13,20-21,26-28H,1,8-9,14-19H2,2H3;1H4;1H/t18-,19?,23?,26?,28?,29?,30-,31-,35-,36-;20?,21?,27-,28?;;/m00../s1. The molecule has 10 amide bonds. The number of hydrogen-bond acceptors (Lipinski definition) is 25. The van der Waals surface area contributed by atoms with Crippen LogP contribution in [0.3, 0.4) is 0 Å². The number of nitrogens with one attached hydrogen (secondary N) is 8. The van der Waals surface area contributed by atoms with E-state index in [1.807, 2.05) is 24.3 Å². The van der Waals surface area contributed by atoms with Crippen molar-refractivity contribution in [2.45, 2.75) is 184 Å². The number of halogens is 3. The second-order valence-electron chi connectivity index (χ2n) is 28.0. The average molecular weight is 1700 g/mol. The van der Waals surface area contributed by atoms with Gasteiger partial charge in [-0.2, -0.15) is 13.2 Å². The van der Waals surface area contributed by atoms with Crippen molar-refractivity contribution in [2.75, 3.05) is 70.8 Å².